The minimum absolute atomic E-state index is 0.00933. The van der Waals surface area contributed by atoms with Gasteiger partial charge in [-0.3, -0.25) is 4.79 Å². The Morgan fingerprint density at radius 3 is 2.70 bits per heavy atom. The van der Waals surface area contributed by atoms with E-state index in [9.17, 15) is 4.79 Å². The Morgan fingerprint density at radius 1 is 1.40 bits per heavy atom. The summed E-state index contributed by atoms with van der Waals surface area (Å²) in [6.45, 7) is 6.01. The first-order chi connectivity index (χ1) is 9.47. The van der Waals surface area contributed by atoms with Gasteiger partial charge in [-0.25, -0.2) is 0 Å². The molecule has 1 amide bonds. The third-order valence-electron chi connectivity index (χ3n) is 3.25. The molecular formula is C15H23ClN2O2. The van der Waals surface area contributed by atoms with Crippen molar-refractivity contribution in [1.82, 2.24) is 10.6 Å². The Balaban J connectivity index is 2.70. The minimum Gasteiger partial charge on any atom is -0.483 e. The summed E-state index contributed by atoms with van der Waals surface area (Å²) in [5, 5.41) is 6.66. The van der Waals surface area contributed by atoms with E-state index in [0.29, 0.717) is 10.8 Å². The predicted octanol–water partition coefficient (Wildman–Crippen LogP) is 2.91. The maximum absolute atomic E-state index is 11.7. The molecule has 1 aromatic rings. The van der Waals surface area contributed by atoms with E-state index in [1.54, 1.807) is 12.1 Å². The molecule has 2 unspecified atom stereocenters. The van der Waals surface area contributed by atoms with Gasteiger partial charge in [0.15, 0.2) is 6.61 Å². The SMILES string of the molecule is CCC(C)NC(=O)COc1ccc(Cl)cc1C(C)NC. The third kappa shape index (κ3) is 5.02. The molecule has 1 aromatic carbocycles. The van der Waals surface area contributed by atoms with Crippen LogP contribution in [0.25, 0.3) is 0 Å². The fourth-order valence-electron chi connectivity index (χ4n) is 1.71. The van der Waals surface area contributed by atoms with Crippen LogP contribution in [0.5, 0.6) is 5.75 Å². The number of carbonyl (C=O) groups is 1. The molecule has 112 valence electrons. The van der Waals surface area contributed by atoms with Gasteiger partial charge in [0.25, 0.3) is 5.91 Å². The van der Waals surface area contributed by atoms with Crippen molar-refractivity contribution in [3.05, 3.63) is 28.8 Å². The van der Waals surface area contributed by atoms with Crippen LogP contribution < -0.4 is 15.4 Å². The number of benzene rings is 1. The summed E-state index contributed by atoms with van der Waals surface area (Å²) in [7, 11) is 1.87. The van der Waals surface area contributed by atoms with Gasteiger partial charge >= 0.3 is 0 Å². The molecule has 0 bridgehead atoms. The Morgan fingerprint density at radius 2 is 2.10 bits per heavy atom. The first-order valence-corrected chi connectivity index (χ1v) is 7.24. The number of ether oxygens (including phenoxy) is 1. The fourth-order valence-corrected chi connectivity index (χ4v) is 1.89. The first-order valence-electron chi connectivity index (χ1n) is 6.86. The number of hydrogen-bond donors (Lipinski definition) is 2. The van der Waals surface area contributed by atoms with Crippen LogP contribution in [0.4, 0.5) is 0 Å². The van der Waals surface area contributed by atoms with Gasteiger partial charge in [-0.05, 0) is 45.5 Å². The van der Waals surface area contributed by atoms with Gasteiger partial charge in [0.2, 0.25) is 0 Å². The summed E-state index contributed by atoms with van der Waals surface area (Å²) in [5.74, 6) is 0.563. The topological polar surface area (TPSA) is 50.4 Å². The maximum atomic E-state index is 11.7. The van der Waals surface area contributed by atoms with Crippen LogP contribution in [0.15, 0.2) is 18.2 Å². The lowest BCUT2D eigenvalue weighted by molar-refractivity contribution is -0.123. The monoisotopic (exact) mass is 298 g/mol. The Hall–Kier alpha value is -1.26. The molecule has 20 heavy (non-hydrogen) atoms. The molecule has 5 heteroatoms. The quantitative estimate of drug-likeness (QED) is 0.814. The molecule has 0 saturated carbocycles. The van der Waals surface area contributed by atoms with Crippen LogP contribution in [-0.2, 0) is 4.79 Å². The molecule has 0 heterocycles. The van der Waals surface area contributed by atoms with Gasteiger partial charge in [0, 0.05) is 22.7 Å². The van der Waals surface area contributed by atoms with Crippen molar-refractivity contribution in [1.29, 1.82) is 0 Å². The van der Waals surface area contributed by atoms with Gasteiger partial charge in [0.1, 0.15) is 5.75 Å². The van der Waals surface area contributed by atoms with Crippen molar-refractivity contribution in [3.63, 3.8) is 0 Å². The van der Waals surface area contributed by atoms with Crippen molar-refractivity contribution in [2.24, 2.45) is 0 Å². The lowest BCUT2D eigenvalue weighted by atomic mass is 10.1. The zero-order chi connectivity index (χ0) is 15.1. The van der Waals surface area contributed by atoms with Gasteiger partial charge in [0.05, 0.1) is 0 Å². The van der Waals surface area contributed by atoms with Crippen LogP contribution in [0.1, 0.15) is 38.8 Å². The van der Waals surface area contributed by atoms with Crippen LogP contribution in [0.2, 0.25) is 5.02 Å². The summed E-state index contributed by atoms with van der Waals surface area (Å²) >= 11 is 6.01. The normalized spacial score (nSPS) is 13.7. The number of nitrogens with one attached hydrogen (secondary N) is 2. The molecule has 2 atom stereocenters. The molecule has 0 spiro atoms. The van der Waals surface area contributed by atoms with E-state index in [1.165, 1.54) is 0 Å². The van der Waals surface area contributed by atoms with E-state index >= 15 is 0 Å². The van der Waals surface area contributed by atoms with E-state index in [-0.39, 0.29) is 24.6 Å². The fraction of sp³-hybridized carbons (Fsp3) is 0.533. The number of hydrogen-bond acceptors (Lipinski definition) is 3. The second-order valence-electron chi connectivity index (χ2n) is 4.86. The summed E-state index contributed by atoms with van der Waals surface area (Å²) in [5.41, 5.74) is 0.941. The molecule has 0 aliphatic rings. The molecule has 4 nitrogen and oxygen atoms in total. The number of carbonyl (C=O) groups excluding carboxylic acids is 1. The number of rotatable bonds is 7. The molecule has 0 aliphatic heterocycles. The Bertz CT molecular complexity index is 451. The largest absolute Gasteiger partial charge is 0.483 e. The van der Waals surface area contributed by atoms with E-state index < -0.39 is 0 Å². The van der Waals surface area contributed by atoms with E-state index in [0.717, 1.165) is 12.0 Å². The highest BCUT2D eigenvalue weighted by Gasteiger charge is 2.13. The molecule has 2 N–H and O–H groups in total. The van der Waals surface area contributed by atoms with Crippen molar-refractivity contribution in [2.45, 2.75) is 39.3 Å². The first kappa shape index (κ1) is 16.8. The molecular weight excluding hydrogens is 276 g/mol. The highest BCUT2D eigenvalue weighted by atomic mass is 35.5. The minimum atomic E-state index is -0.114. The van der Waals surface area contributed by atoms with Crippen LogP contribution >= 0.6 is 11.6 Å². The van der Waals surface area contributed by atoms with Crippen LogP contribution in [0, 0.1) is 0 Å². The van der Waals surface area contributed by atoms with Crippen molar-refractivity contribution >= 4 is 17.5 Å². The zero-order valence-electron chi connectivity index (χ0n) is 12.5. The average molecular weight is 299 g/mol. The Kier molecular flexibility index (Phi) is 6.82. The second kappa shape index (κ2) is 8.12. The lowest BCUT2D eigenvalue weighted by Gasteiger charge is -2.17. The van der Waals surface area contributed by atoms with E-state index in [2.05, 4.69) is 10.6 Å². The third-order valence-corrected chi connectivity index (χ3v) is 3.48. The predicted molar refractivity (Wildman–Crippen MR) is 82.3 cm³/mol. The second-order valence-corrected chi connectivity index (χ2v) is 5.29. The lowest BCUT2D eigenvalue weighted by Crippen LogP contribution is -2.35. The molecule has 1 rings (SSSR count). The van der Waals surface area contributed by atoms with Gasteiger partial charge < -0.3 is 15.4 Å². The van der Waals surface area contributed by atoms with E-state index in [4.69, 9.17) is 16.3 Å². The van der Waals surface area contributed by atoms with Crippen molar-refractivity contribution in [2.75, 3.05) is 13.7 Å². The van der Waals surface area contributed by atoms with Crippen LogP contribution in [0.3, 0.4) is 0 Å². The summed E-state index contributed by atoms with van der Waals surface area (Å²) in [6.07, 6.45) is 0.898. The van der Waals surface area contributed by atoms with Crippen molar-refractivity contribution < 1.29 is 9.53 Å². The summed E-state index contributed by atoms with van der Waals surface area (Å²) in [6, 6.07) is 5.66. The molecule has 0 radical (unpaired) electrons. The smallest absolute Gasteiger partial charge is 0.258 e. The summed E-state index contributed by atoms with van der Waals surface area (Å²) < 4.78 is 5.61. The number of halogens is 1. The Labute approximate surface area is 125 Å². The van der Waals surface area contributed by atoms with Crippen LogP contribution in [-0.4, -0.2) is 25.6 Å². The summed E-state index contributed by atoms with van der Waals surface area (Å²) in [4.78, 5) is 11.7. The highest BCUT2D eigenvalue weighted by molar-refractivity contribution is 6.30. The molecule has 0 fully saturated rings. The molecule has 0 aromatic heterocycles. The zero-order valence-corrected chi connectivity index (χ0v) is 13.3. The van der Waals surface area contributed by atoms with Gasteiger partial charge in [-0.2, -0.15) is 0 Å². The molecule has 0 saturated heterocycles. The highest BCUT2D eigenvalue weighted by Crippen LogP contribution is 2.28. The number of amides is 1. The van der Waals surface area contributed by atoms with Crippen molar-refractivity contribution in [3.8, 4) is 5.75 Å². The standard InChI is InChI=1S/C15H23ClN2O2/c1-5-10(2)18-15(19)9-20-14-7-6-12(16)8-13(14)11(3)17-4/h6-8,10-11,17H,5,9H2,1-4H3,(H,18,19). The average Bonchev–Trinajstić information content (AvgIpc) is 2.44. The maximum Gasteiger partial charge on any atom is 0.258 e. The van der Waals surface area contributed by atoms with E-state index in [1.807, 2.05) is 33.9 Å². The molecule has 0 aliphatic carbocycles. The van der Waals surface area contributed by atoms with Gasteiger partial charge in [-0.15, -0.1) is 0 Å². The van der Waals surface area contributed by atoms with Gasteiger partial charge in [-0.1, -0.05) is 18.5 Å².